The molecule has 0 aromatic heterocycles. The van der Waals surface area contributed by atoms with Crippen LogP contribution in [0.15, 0.2) is 65.6 Å². The summed E-state index contributed by atoms with van der Waals surface area (Å²) in [6.07, 6.45) is -2.67. The molecule has 1 fully saturated rings. The Morgan fingerprint density at radius 2 is 1.43 bits per heavy atom. The number of hydrogen-bond acceptors (Lipinski definition) is 7. The standard InChI is InChI=1S/C23H26O6S/c1-15-20(28-16(2)24)21(29-17(3)25)22(26-14-18-10-6-4-7-11-18)23(27-15)30-19-12-8-5-9-13-19/h4-13,15,20-23H,14H2,1-3H3/t15-,20-,21-,22-,23+/m1/s1. The average molecular weight is 431 g/mol. The van der Waals surface area contributed by atoms with Gasteiger partial charge in [0.2, 0.25) is 0 Å². The summed E-state index contributed by atoms with van der Waals surface area (Å²) in [5.74, 6) is -0.938. The molecule has 2 aromatic rings. The Bertz CT molecular complexity index is 828. The summed E-state index contributed by atoms with van der Waals surface area (Å²) in [5.41, 5.74) is 0.521. The van der Waals surface area contributed by atoms with Crippen molar-refractivity contribution in [3.63, 3.8) is 0 Å². The first-order valence-electron chi connectivity index (χ1n) is 9.81. The zero-order chi connectivity index (χ0) is 21.5. The van der Waals surface area contributed by atoms with Gasteiger partial charge >= 0.3 is 11.9 Å². The van der Waals surface area contributed by atoms with Gasteiger partial charge in [-0.3, -0.25) is 9.59 Å². The molecule has 160 valence electrons. The maximum atomic E-state index is 11.9. The fourth-order valence-electron chi connectivity index (χ4n) is 3.32. The van der Waals surface area contributed by atoms with Crippen LogP contribution in [0, 0.1) is 0 Å². The highest BCUT2D eigenvalue weighted by Crippen LogP contribution is 2.37. The zero-order valence-corrected chi connectivity index (χ0v) is 18.0. The van der Waals surface area contributed by atoms with Crippen LogP contribution in [0.3, 0.4) is 0 Å². The maximum absolute atomic E-state index is 11.9. The fourth-order valence-corrected chi connectivity index (χ4v) is 4.50. The quantitative estimate of drug-likeness (QED) is 0.616. The van der Waals surface area contributed by atoms with Crippen molar-refractivity contribution >= 4 is 23.7 Å². The zero-order valence-electron chi connectivity index (χ0n) is 17.2. The summed E-state index contributed by atoms with van der Waals surface area (Å²) in [5, 5.41) is 0. The molecule has 0 bridgehead atoms. The number of ether oxygens (including phenoxy) is 4. The predicted molar refractivity (Wildman–Crippen MR) is 113 cm³/mol. The van der Waals surface area contributed by atoms with Crippen molar-refractivity contribution < 1.29 is 28.5 Å². The van der Waals surface area contributed by atoms with Crippen LogP contribution in [0.4, 0.5) is 0 Å². The molecule has 3 rings (SSSR count). The number of rotatable bonds is 7. The number of benzene rings is 2. The van der Waals surface area contributed by atoms with Crippen LogP contribution >= 0.6 is 11.8 Å². The first-order valence-corrected chi connectivity index (χ1v) is 10.7. The van der Waals surface area contributed by atoms with Crippen LogP contribution in [-0.4, -0.2) is 41.8 Å². The summed E-state index contributed by atoms with van der Waals surface area (Å²) < 4.78 is 23.5. The minimum Gasteiger partial charge on any atom is -0.456 e. The second-order valence-electron chi connectivity index (χ2n) is 7.05. The van der Waals surface area contributed by atoms with E-state index in [-0.39, 0.29) is 0 Å². The van der Waals surface area contributed by atoms with Crippen molar-refractivity contribution in [3.8, 4) is 0 Å². The largest absolute Gasteiger partial charge is 0.456 e. The van der Waals surface area contributed by atoms with Gasteiger partial charge < -0.3 is 18.9 Å². The van der Waals surface area contributed by atoms with Crippen LogP contribution in [0.2, 0.25) is 0 Å². The van der Waals surface area contributed by atoms with Crippen molar-refractivity contribution in [1.82, 2.24) is 0 Å². The molecule has 0 unspecified atom stereocenters. The third kappa shape index (κ3) is 6.08. The van der Waals surface area contributed by atoms with E-state index in [2.05, 4.69) is 0 Å². The SMILES string of the molecule is CC(=O)O[C@H]1[C@@H](OCc2ccccc2)[C@H](Sc2ccccc2)O[C@H](C)[C@H]1OC(C)=O. The van der Waals surface area contributed by atoms with Crippen LogP contribution in [0.1, 0.15) is 26.3 Å². The normalized spacial score (nSPS) is 26.0. The van der Waals surface area contributed by atoms with Gasteiger partial charge in [0.25, 0.3) is 0 Å². The number of carbonyl (C=O) groups is 2. The molecule has 0 radical (unpaired) electrons. The van der Waals surface area contributed by atoms with Crippen LogP contribution in [0.5, 0.6) is 0 Å². The summed E-state index contributed by atoms with van der Waals surface area (Å²) in [4.78, 5) is 24.5. The van der Waals surface area contributed by atoms with Crippen molar-refractivity contribution in [2.24, 2.45) is 0 Å². The smallest absolute Gasteiger partial charge is 0.303 e. The number of thioether (sulfide) groups is 1. The van der Waals surface area contributed by atoms with E-state index in [1.54, 1.807) is 6.92 Å². The average Bonchev–Trinajstić information content (AvgIpc) is 2.71. The summed E-state index contributed by atoms with van der Waals surface area (Å²) in [7, 11) is 0. The van der Waals surface area contributed by atoms with E-state index in [1.807, 2.05) is 60.7 Å². The molecule has 0 aliphatic carbocycles. The van der Waals surface area contributed by atoms with Gasteiger partial charge in [-0.1, -0.05) is 60.3 Å². The lowest BCUT2D eigenvalue weighted by atomic mass is 10.00. The molecule has 0 amide bonds. The molecule has 5 atom stereocenters. The molecule has 0 saturated carbocycles. The highest BCUT2D eigenvalue weighted by atomic mass is 32.2. The molecular weight excluding hydrogens is 404 g/mol. The second kappa shape index (κ2) is 10.6. The van der Waals surface area contributed by atoms with E-state index in [4.69, 9.17) is 18.9 Å². The van der Waals surface area contributed by atoms with Crippen LogP contribution < -0.4 is 0 Å². The van der Waals surface area contributed by atoms with Gasteiger partial charge in [-0.2, -0.15) is 0 Å². The van der Waals surface area contributed by atoms with E-state index < -0.39 is 41.8 Å². The van der Waals surface area contributed by atoms with Gasteiger partial charge in [0.05, 0.1) is 12.7 Å². The predicted octanol–water partition coefficient (Wildman–Crippen LogP) is 3.97. The minimum atomic E-state index is -0.792. The van der Waals surface area contributed by atoms with Crippen molar-refractivity contribution in [3.05, 3.63) is 66.2 Å². The fraction of sp³-hybridized carbons (Fsp3) is 0.391. The van der Waals surface area contributed by atoms with E-state index >= 15 is 0 Å². The van der Waals surface area contributed by atoms with Gasteiger partial charge in [0.1, 0.15) is 11.5 Å². The second-order valence-corrected chi connectivity index (χ2v) is 8.22. The Morgan fingerprint density at radius 1 is 0.867 bits per heavy atom. The molecular formula is C23H26O6S. The van der Waals surface area contributed by atoms with Crippen molar-refractivity contribution in [1.29, 1.82) is 0 Å². The Hall–Kier alpha value is -2.35. The molecule has 7 heteroatoms. The number of esters is 2. The molecule has 0 N–H and O–H groups in total. The van der Waals surface area contributed by atoms with Crippen molar-refractivity contribution in [2.45, 2.75) is 62.1 Å². The Morgan fingerprint density at radius 3 is 2.03 bits per heavy atom. The summed E-state index contributed by atoms with van der Waals surface area (Å²) >= 11 is 1.48. The monoisotopic (exact) mass is 430 g/mol. The lowest BCUT2D eigenvalue weighted by Gasteiger charge is -2.44. The minimum absolute atomic E-state index is 0.305. The summed E-state index contributed by atoms with van der Waals surface area (Å²) in [6.45, 7) is 4.76. The first kappa shape index (κ1) is 22.3. The van der Waals surface area contributed by atoms with Gasteiger partial charge in [-0.25, -0.2) is 0 Å². The first-order chi connectivity index (χ1) is 14.4. The summed E-state index contributed by atoms with van der Waals surface area (Å²) in [6, 6.07) is 19.5. The van der Waals surface area contributed by atoms with E-state index in [0.29, 0.717) is 6.61 Å². The number of carbonyl (C=O) groups excluding carboxylic acids is 2. The highest BCUT2D eigenvalue weighted by Gasteiger charge is 2.49. The third-order valence-corrected chi connectivity index (χ3v) is 5.77. The maximum Gasteiger partial charge on any atom is 0.303 e. The molecule has 2 aromatic carbocycles. The highest BCUT2D eigenvalue weighted by molar-refractivity contribution is 7.99. The third-order valence-electron chi connectivity index (χ3n) is 4.61. The van der Waals surface area contributed by atoms with Crippen LogP contribution in [0.25, 0.3) is 0 Å². The Labute approximate surface area is 180 Å². The number of hydrogen-bond donors (Lipinski definition) is 0. The Kier molecular flexibility index (Phi) is 7.90. The van der Waals surface area contributed by atoms with E-state index in [9.17, 15) is 9.59 Å². The van der Waals surface area contributed by atoms with Gasteiger partial charge in [-0.15, -0.1) is 0 Å². The molecule has 1 saturated heterocycles. The van der Waals surface area contributed by atoms with Gasteiger partial charge in [0, 0.05) is 18.7 Å². The lowest BCUT2D eigenvalue weighted by molar-refractivity contribution is -0.232. The molecule has 1 aliphatic rings. The lowest BCUT2D eigenvalue weighted by Crippen LogP contribution is -2.59. The van der Waals surface area contributed by atoms with Crippen LogP contribution in [-0.2, 0) is 35.1 Å². The topological polar surface area (TPSA) is 71.1 Å². The molecule has 1 heterocycles. The molecule has 1 aliphatic heterocycles. The van der Waals surface area contributed by atoms with E-state index in [0.717, 1.165) is 10.5 Å². The Balaban J connectivity index is 1.88. The molecule has 6 nitrogen and oxygen atoms in total. The van der Waals surface area contributed by atoms with Crippen molar-refractivity contribution in [2.75, 3.05) is 0 Å². The van der Waals surface area contributed by atoms with Gasteiger partial charge in [-0.05, 0) is 24.6 Å². The molecule has 30 heavy (non-hydrogen) atoms. The van der Waals surface area contributed by atoms with E-state index in [1.165, 1.54) is 25.6 Å². The molecule has 0 spiro atoms. The van der Waals surface area contributed by atoms with Gasteiger partial charge in [0.15, 0.2) is 12.2 Å².